The first kappa shape index (κ1) is 10.1. The number of alkyl halides is 1. The van der Waals surface area contributed by atoms with Gasteiger partial charge in [0.25, 0.3) is 0 Å². The number of hydrogen-bond acceptors (Lipinski definition) is 3. The van der Waals surface area contributed by atoms with Crippen molar-refractivity contribution in [2.24, 2.45) is 0 Å². The molecule has 2 heterocycles. The molecule has 0 saturated heterocycles. The number of nitrogens with zero attached hydrogens (tertiary/aromatic N) is 3. The lowest BCUT2D eigenvalue weighted by Gasteiger charge is -2.03. The van der Waals surface area contributed by atoms with Crippen LogP contribution in [-0.4, -0.2) is 15.0 Å². The van der Waals surface area contributed by atoms with Gasteiger partial charge in [0.05, 0.1) is 11.6 Å². The van der Waals surface area contributed by atoms with Crippen molar-refractivity contribution in [3.05, 3.63) is 42.1 Å². The molecule has 0 aromatic carbocycles. The maximum absolute atomic E-state index is 5.72. The van der Waals surface area contributed by atoms with Crippen molar-refractivity contribution in [2.45, 2.75) is 12.8 Å². The number of pyridine rings is 1. The maximum atomic E-state index is 5.72. The molecule has 0 atom stereocenters. The quantitative estimate of drug-likeness (QED) is 0.729. The van der Waals surface area contributed by atoms with Crippen LogP contribution in [0.2, 0.25) is 0 Å². The Hall–Kier alpha value is -1.48. The summed E-state index contributed by atoms with van der Waals surface area (Å²) in [7, 11) is 0. The van der Waals surface area contributed by atoms with Crippen LogP contribution < -0.4 is 0 Å². The normalized spacial score (nSPS) is 10.3. The summed E-state index contributed by atoms with van der Waals surface area (Å²) in [6.45, 7) is 1.93. The minimum atomic E-state index is 0.333. The molecule has 0 fully saturated rings. The van der Waals surface area contributed by atoms with E-state index in [9.17, 15) is 0 Å². The molecule has 2 rings (SSSR count). The Bertz CT molecular complexity index is 457. The van der Waals surface area contributed by atoms with Gasteiger partial charge >= 0.3 is 0 Å². The lowest BCUT2D eigenvalue weighted by molar-refractivity contribution is 0.996. The summed E-state index contributed by atoms with van der Waals surface area (Å²) < 4.78 is 0. The van der Waals surface area contributed by atoms with E-state index < -0.39 is 0 Å². The van der Waals surface area contributed by atoms with Crippen molar-refractivity contribution in [1.82, 2.24) is 15.0 Å². The summed E-state index contributed by atoms with van der Waals surface area (Å²) in [4.78, 5) is 12.5. The molecule has 0 saturated carbocycles. The Balaban J connectivity index is 2.49. The third kappa shape index (κ3) is 2.30. The average Bonchev–Trinajstić information content (AvgIpc) is 2.29. The second kappa shape index (κ2) is 4.36. The first-order valence-electron chi connectivity index (χ1n) is 4.60. The number of halogens is 1. The van der Waals surface area contributed by atoms with Crippen LogP contribution in [0.3, 0.4) is 0 Å². The number of rotatable bonds is 2. The number of hydrogen-bond donors (Lipinski definition) is 0. The fraction of sp³-hybridized carbons (Fsp3) is 0.182. The van der Waals surface area contributed by atoms with Crippen LogP contribution >= 0.6 is 11.6 Å². The Kier molecular flexibility index (Phi) is 2.92. The van der Waals surface area contributed by atoms with Crippen molar-refractivity contribution in [2.75, 3.05) is 0 Å². The van der Waals surface area contributed by atoms with Crippen LogP contribution in [0.1, 0.15) is 11.5 Å². The van der Waals surface area contributed by atoms with E-state index in [2.05, 4.69) is 15.0 Å². The van der Waals surface area contributed by atoms with Gasteiger partial charge in [-0.05, 0) is 25.1 Å². The molecule has 15 heavy (non-hydrogen) atoms. The van der Waals surface area contributed by atoms with E-state index in [1.807, 2.05) is 25.1 Å². The third-order valence-electron chi connectivity index (χ3n) is 2.00. The molecule has 2 aromatic heterocycles. The van der Waals surface area contributed by atoms with Gasteiger partial charge in [-0.15, -0.1) is 11.6 Å². The molecule has 0 unspecified atom stereocenters. The number of aryl methyl sites for hydroxylation is 1. The SMILES string of the molecule is Cc1cc(-c2ccncc2)nc(CCl)n1. The average molecular weight is 220 g/mol. The zero-order valence-corrected chi connectivity index (χ0v) is 9.07. The molecule has 0 spiro atoms. The lowest BCUT2D eigenvalue weighted by atomic mass is 10.2. The van der Waals surface area contributed by atoms with Gasteiger partial charge in [-0.25, -0.2) is 9.97 Å². The maximum Gasteiger partial charge on any atom is 0.143 e. The van der Waals surface area contributed by atoms with E-state index in [4.69, 9.17) is 11.6 Å². The van der Waals surface area contributed by atoms with Crippen LogP contribution in [-0.2, 0) is 5.88 Å². The Labute approximate surface area is 93.2 Å². The predicted molar refractivity (Wildman–Crippen MR) is 59.6 cm³/mol. The summed E-state index contributed by atoms with van der Waals surface area (Å²) in [5.74, 6) is 0.989. The second-order valence-electron chi connectivity index (χ2n) is 3.18. The molecule has 0 aliphatic rings. The summed E-state index contributed by atoms with van der Waals surface area (Å²) in [5, 5.41) is 0. The molecule has 0 N–H and O–H groups in total. The highest BCUT2D eigenvalue weighted by atomic mass is 35.5. The van der Waals surface area contributed by atoms with Crippen LogP contribution in [0.5, 0.6) is 0 Å². The van der Waals surface area contributed by atoms with Crippen molar-refractivity contribution >= 4 is 11.6 Å². The second-order valence-corrected chi connectivity index (χ2v) is 3.45. The summed E-state index contributed by atoms with van der Waals surface area (Å²) >= 11 is 5.72. The van der Waals surface area contributed by atoms with Gasteiger partial charge in [-0.1, -0.05) is 0 Å². The molecule has 0 bridgehead atoms. The van der Waals surface area contributed by atoms with E-state index in [0.29, 0.717) is 11.7 Å². The van der Waals surface area contributed by atoms with Crippen LogP contribution in [0, 0.1) is 6.92 Å². The summed E-state index contributed by atoms with van der Waals surface area (Å²) in [5.41, 5.74) is 2.84. The van der Waals surface area contributed by atoms with Gasteiger partial charge in [0, 0.05) is 23.7 Å². The zero-order valence-electron chi connectivity index (χ0n) is 8.31. The topological polar surface area (TPSA) is 38.7 Å². The molecular formula is C11H10ClN3. The summed E-state index contributed by atoms with van der Waals surface area (Å²) in [6, 6.07) is 5.77. The van der Waals surface area contributed by atoms with E-state index in [1.54, 1.807) is 12.4 Å². The van der Waals surface area contributed by atoms with Gasteiger partial charge in [0.2, 0.25) is 0 Å². The van der Waals surface area contributed by atoms with E-state index in [0.717, 1.165) is 17.0 Å². The molecular weight excluding hydrogens is 210 g/mol. The highest BCUT2D eigenvalue weighted by Gasteiger charge is 2.03. The van der Waals surface area contributed by atoms with Gasteiger partial charge in [0.15, 0.2) is 0 Å². The predicted octanol–water partition coefficient (Wildman–Crippen LogP) is 2.59. The highest BCUT2D eigenvalue weighted by Crippen LogP contribution is 2.16. The van der Waals surface area contributed by atoms with E-state index in [1.165, 1.54) is 0 Å². The van der Waals surface area contributed by atoms with Crippen molar-refractivity contribution in [3.8, 4) is 11.3 Å². The lowest BCUT2D eigenvalue weighted by Crippen LogP contribution is -1.96. The largest absolute Gasteiger partial charge is 0.265 e. The molecule has 0 radical (unpaired) electrons. The van der Waals surface area contributed by atoms with Crippen molar-refractivity contribution in [3.63, 3.8) is 0 Å². The minimum Gasteiger partial charge on any atom is -0.265 e. The molecule has 2 aromatic rings. The molecule has 76 valence electrons. The molecule has 4 heteroatoms. The minimum absolute atomic E-state index is 0.333. The Morgan fingerprint density at radius 3 is 2.60 bits per heavy atom. The zero-order chi connectivity index (χ0) is 10.7. The molecule has 0 amide bonds. The van der Waals surface area contributed by atoms with Gasteiger partial charge in [-0.2, -0.15) is 0 Å². The van der Waals surface area contributed by atoms with Gasteiger partial charge in [0.1, 0.15) is 5.82 Å². The fourth-order valence-electron chi connectivity index (χ4n) is 1.36. The molecule has 0 aliphatic carbocycles. The van der Waals surface area contributed by atoms with E-state index >= 15 is 0 Å². The first-order chi connectivity index (χ1) is 7.29. The van der Waals surface area contributed by atoms with Gasteiger partial charge in [-0.3, -0.25) is 4.98 Å². The third-order valence-corrected chi connectivity index (χ3v) is 2.24. The Morgan fingerprint density at radius 1 is 1.20 bits per heavy atom. The molecule has 3 nitrogen and oxygen atoms in total. The highest BCUT2D eigenvalue weighted by molar-refractivity contribution is 6.16. The fourth-order valence-corrected chi connectivity index (χ4v) is 1.48. The van der Waals surface area contributed by atoms with Crippen molar-refractivity contribution < 1.29 is 0 Å². The van der Waals surface area contributed by atoms with Crippen LogP contribution in [0.4, 0.5) is 0 Å². The van der Waals surface area contributed by atoms with Crippen LogP contribution in [0.15, 0.2) is 30.6 Å². The first-order valence-corrected chi connectivity index (χ1v) is 5.14. The Morgan fingerprint density at radius 2 is 1.93 bits per heavy atom. The monoisotopic (exact) mass is 219 g/mol. The smallest absolute Gasteiger partial charge is 0.143 e. The summed E-state index contributed by atoms with van der Waals surface area (Å²) in [6.07, 6.45) is 3.49. The van der Waals surface area contributed by atoms with E-state index in [-0.39, 0.29) is 0 Å². The number of aromatic nitrogens is 3. The van der Waals surface area contributed by atoms with Crippen LogP contribution in [0.25, 0.3) is 11.3 Å². The molecule has 0 aliphatic heterocycles. The standard InChI is InChI=1S/C11H10ClN3/c1-8-6-10(15-11(7-12)14-8)9-2-4-13-5-3-9/h2-6H,7H2,1H3. The van der Waals surface area contributed by atoms with Crippen molar-refractivity contribution in [1.29, 1.82) is 0 Å². The van der Waals surface area contributed by atoms with Gasteiger partial charge < -0.3 is 0 Å².